The SMILES string of the molecule is CS(=O)(=O)c1ccc(NCc2ccccc2CS(=O)(=O)N2CCCC2)cc1. The van der Waals surface area contributed by atoms with Gasteiger partial charge in [-0.1, -0.05) is 24.3 Å². The van der Waals surface area contributed by atoms with Gasteiger partial charge < -0.3 is 5.32 Å². The van der Waals surface area contributed by atoms with Gasteiger partial charge in [0.2, 0.25) is 10.0 Å². The predicted octanol–water partition coefficient (Wildman–Crippen LogP) is 2.63. The molecule has 0 unspecified atom stereocenters. The number of rotatable bonds is 7. The third-order valence-electron chi connectivity index (χ3n) is 4.68. The quantitative estimate of drug-likeness (QED) is 0.761. The van der Waals surface area contributed by atoms with Crippen molar-refractivity contribution in [2.75, 3.05) is 24.7 Å². The van der Waals surface area contributed by atoms with Crippen molar-refractivity contribution in [1.29, 1.82) is 0 Å². The van der Waals surface area contributed by atoms with E-state index in [0.29, 0.717) is 19.6 Å². The van der Waals surface area contributed by atoms with Crippen molar-refractivity contribution in [3.63, 3.8) is 0 Å². The largest absolute Gasteiger partial charge is 0.381 e. The molecule has 27 heavy (non-hydrogen) atoms. The van der Waals surface area contributed by atoms with Crippen molar-refractivity contribution in [2.45, 2.75) is 30.0 Å². The van der Waals surface area contributed by atoms with Gasteiger partial charge in [0.05, 0.1) is 10.6 Å². The molecule has 146 valence electrons. The highest BCUT2D eigenvalue weighted by Gasteiger charge is 2.26. The van der Waals surface area contributed by atoms with Crippen molar-refractivity contribution in [1.82, 2.24) is 4.31 Å². The zero-order valence-electron chi connectivity index (χ0n) is 15.3. The minimum atomic E-state index is -3.30. The van der Waals surface area contributed by atoms with Crippen LogP contribution in [0.3, 0.4) is 0 Å². The molecule has 1 fully saturated rings. The number of sulfone groups is 1. The van der Waals surface area contributed by atoms with Crippen LogP contribution in [0.4, 0.5) is 5.69 Å². The molecule has 0 amide bonds. The summed E-state index contributed by atoms with van der Waals surface area (Å²) in [7, 11) is -6.52. The van der Waals surface area contributed by atoms with Crippen LogP contribution >= 0.6 is 0 Å². The summed E-state index contributed by atoms with van der Waals surface area (Å²) < 4.78 is 49.8. The first-order valence-electron chi connectivity index (χ1n) is 8.84. The third-order valence-corrected chi connectivity index (χ3v) is 7.64. The Morgan fingerprint density at radius 1 is 0.889 bits per heavy atom. The summed E-state index contributed by atoms with van der Waals surface area (Å²) in [5.41, 5.74) is 2.47. The average Bonchev–Trinajstić information content (AvgIpc) is 3.16. The molecule has 0 atom stereocenters. The van der Waals surface area contributed by atoms with Gasteiger partial charge in [0.25, 0.3) is 0 Å². The fraction of sp³-hybridized carbons (Fsp3) is 0.368. The molecule has 1 aliphatic rings. The molecule has 0 spiro atoms. The third kappa shape index (κ3) is 5.09. The molecule has 2 aromatic carbocycles. The summed E-state index contributed by atoms with van der Waals surface area (Å²) in [5, 5.41) is 3.23. The maximum Gasteiger partial charge on any atom is 0.218 e. The Morgan fingerprint density at radius 2 is 1.48 bits per heavy atom. The summed E-state index contributed by atoms with van der Waals surface area (Å²) >= 11 is 0. The number of benzene rings is 2. The van der Waals surface area contributed by atoms with E-state index in [1.54, 1.807) is 28.6 Å². The fourth-order valence-electron chi connectivity index (χ4n) is 3.14. The molecule has 1 saturated heterocycles. The van der Waals surface area contributed by atoms with Crippen molar-refractivity contribution < 1.29 is 16.8 Å². The molecule has 1 aliphatic heterocycles. The highest BCUT2D eigenvalue weighted by Crippen LogP contribution is 2.21. The maximum absolute atomic E-state index is 12.6. The zero-order valence-corrected chi connectivity index (χ0v) is 16.9. The Hall–Kier alpha value is -1.90. The molecule has 0 radical (unpaired) electrons. The maximum atomic E-state index is 12.6. The molecule has 0 aliphatic carbocycles. The lowest BCUT2D eigenvalue weighted by Crippen LogP contribution is -2.29. The van der Waals surface area contributed by atoms with Gasteiger partial charge in [-0.05, 0) is 48.2 Å². The van der Waals surface area contributed by atoms with Gasteiger partial charge in [-0.15, -0.1) is 0 Å². The van der Waals surface area contributed by atoms with Crippen LogP contribution in [-0.2, 0) is 32.2 Å². The minimum absolute atomic E-state index is 0.00211. The average molecular weight is 409 g/mol. The van der Waals surface area contributed by atoms with Gasteiger partial charge in [0, 0.05) is 31.6 Å². The van der Waals surface area contributed by atoms with Gasteiger partial charge in [0.1, 0.15) is 0 Å². The first-order chi connectivity index (χ1) is 12.8. The smallest absolute Gasteiger partial charge is 0.218 e. The zero-order chi connectivity index (χ0) is 19.5. The Balaban J connectivity index is 1.71. The van der Waals surface area contributed by atoms with Gasteiger partial charge in [-0.2, -0.15) is 0 Å². The number of nitrogens with zero attached hydrogens (tertiary/aromatic N) is 1. The number of sulfonamides is 1. The number of hydrogen-bond acceptors (Lipinski definition) is 5. The first-order valence-corrected chi connectivity index (χ1v) is 12.3. The van der Waals surface area contributed by atoms with E-state index >= 15 is 0 Å². The summed E-state index contributed by atoms with van der Waals surface area (Å²) in [6.45, 7) is 1.68. The summed E-state index contributed by atoms with van der Waals surface area (Å²) in [4.78, 5) is 0.269. The van der Waals surface area contributed by atoms with Gasteiger partial charge in [-0.25, -0.2) is 21.1 Å². The number of nitrogens with one attached hydrogen (secondary N) is 1. The molecule has 1 heterocycles. The van der Waals surface area contributed by atoms with Crippen molar-refractivity contribution in [3.05, 3.63) is 59.7 Å². The van der Waals surface area contributed by atoms with Crippen LogP contribution in [0.15, 0.2) is 53.4 Å². The van der Waals surface area contributed by atoms with E-state index in [2.05, 4.69) is 5.32 Å². The number of anilines is 1. The van der Waals surface area contributed by atoms with E-state index in [-0.39, 0.29) is 10.6 Å². The van der Waals surface area contributed by atoms with Crippen LogP contribution in [0.2, 0.25) is 0 Å². The minimum Gasteiger partial charge on any atom is -0.381 e. The Labute approximate surface area is 161 Å². The van der Waals surface area contributed by atoms with E-state index in [1.165, 1.54) is 6.26 Å². The highest BCUT2D eigenvalue weighted by atomic mass is 32.2. The van der Waals surface area contributed by atoms with Gasteiger partial charge in [-0.3, -0.25) is 0 Å². The van der Waals surface area contributed by atoms with Crippen molar-refractivity contribution in [3.8, 4) is 0 Å². The lowest BCUT2D eigenvalue weighted by molar-refractivity contribution is 0.476. The normalized spacial score (nSPS) is 15.7. The van der Waals surface area contributed by atoms with Crippen LogP contribution in [0.25, 0.3) is 0 Å². The van der Waals surface area contributed by atoms with Crippen LogP contribution in [0.5, 0.6) is 0 Å². The molecular formula is C19H24N2O4S2. The number of hydrogen-bond donors (Lipinski definition) is 1. The molecular weight excluding hydrogens is 384 g/mol. The van der Waals surface area contributed by atoms with Gasteiger partial charge in [0.15, 0.2) is 9.84 Å². The lowest BCUT2D eigenvalue weighted by atomic mass is 10.1. The van der Waals surface area contributed by atoms with Gasteiger partial charge >= 0.3 is 0 Å². The van der Waals surface area contributed by atoms with E-state index in [4.69, 9.17) is 0 Å². The molecule has 0 saturated carbocycles. The molecule has 1 N–H and O–H groups in total. The molecule has 8 heteroatoms. The standard InChI is InChI=1S/C19H24N2O4S2/c1-26(22,23)19-10-8-18(9-11-19)20-14-16-6-2-3-7-17(16)15-27(24,25)21-12-4-5-13-21/h2-3,6-11,20H,4-5,12-15H2,1H3. The Bertz CT molecular complexity index is 994. The second-order valence-corrected chi connectivity index (χ2v) is 10.8. The van der Waals surface area contributed by atoms with Crippen LogP contribution in [0, 0.1) is 0 Å². The Kier molecular flexibility index (Phi) is 5.88. The van der Waals surface area contributed by atoms with E-state index < -0.39 is 19.9 Å². The molecule has 0 bridgehead atoms. The fourth-order valence-corrected chi connectivity index (χ4v) is 5.44. The predicted molar refractivity (Wildman–Crippen MR) is 107 cm³/mol. The highest BCUT2D eigenvalue weighted by molar-refractivity contribution is 7.90. The molecule has 0 aromatic heterocycles. The summed E-state index contributed by atoms with van der Waals surface area (Å²) in [6, 6.07) is 14.0. The van der Waals surface area contributed by atoms with Crippen LogP contribution in [-0.4, -0.2) is 40.5 Å². The van der Waals surface area contributed by atoms with Crippen LogP contribution < -0.4 is 5.32 Å². The van der Waals surface area contributed by atoms with E-state index in [1.807, 2.05) is 24.3 Å². The lowest BCUT2D eigenvalue weighted by Gasteiger charge is -2.17. The molecule has 2 aromatic rings. The topological polar surface area (TPSA) is 83.5 Å². The second-order valence-electron chi connectivity index (χ2n) is 6.78. The molecule has 3 rings (SSSR count). The van der Waals surface area contributed by atoms with E-state index in [9.17, 15) is 16.8 Å². The monoisotopic (exact) mass is 408 g/mol. The van der Waals surface area contributed by atoms with Crippen molar-refractivity contribution in [2.24, 2.45) is 0 Å². The first kappa shape index (κ1) is 19.9. The van der Waals surface area contributed by atoms with Crippen LogP contribution in [0.1, 0.15) is 24.0 Å². The summed E-state index contributed by atoms with van der Waals surface area (Å²) in [5.74, 6) is -0.00211. The molecule has 6 nitrogen and oxygen atoms in total. The van der Waals surface area contributed by atoms with Crippen molar-refractivity contribution >= 4 is 25.5 Å². The van der Waals surface area contributed by atoms with E-state index in [0.717, 1.165) is 29.7 Å². The Morgan fingerprint density at radius 3 is 2.07 bits per heavy atom. The second kappa shape index (κ2) is 8.00. The summed E-state index contributed by atoms with van der Waals surface area (Å²) in [6.07, 6.45) is 3.02.